The Morgan fingerprint density at radius 3 is 2.80 bits per heavy atom. The third-order valence-corrected chi connectivity index (χ3v) is 5.46. The number of likely N-dealkylation sites (N-methyl/N-ethyl adjacent to an activating group) is 1. The van der Waals surface area contributed by atoms with Gasteiger partial charge in [-0.25, -0.2) is 4.79 Å². The molecule has 7 heteroatoms. The fraction of sp³-hybridized carbons (Fsp3) is 0.333. The molecule has 0 atom stereocenters. The second-order valence-corrected chi connectivity index (χ2v) is 7.24. The first kappa shape index (κ1) is 17.4. The maximum absolute atomic E-state index is 12.3. The molecule has 3 rings (SSSR count). The van der Waals surface area contributed by atoms with Crippen molar-refractivity contribution in [3.8, 4) is 0 Å². The van der Waals surface area contributed by atoms with E-state index in [1.54, 1.807) is 0 Å². The Morgan fingerprint density at radius 2 is 2.12 bits per heavy atom. The van der Waals surface area contributed by atoms with Crippen molar-refractivity contribution in [1.29, 1.82) is 0 Å². The summed E-state index contributed by atoms with van der Waals surface area (Å²) in [5.41, 5.74) is 8.78. The molecule has 0 saturated heterocycles. The second-order valence-electron chi connectivity index (χ2n) is 6.14. The molecule has 1 aromatic heterocycles. The molecule has 0 aliphatic carbocycles. The van der Waals surface area contributed by atoms with Crippen LogP contribution in [0.2, 0.25) is 0 Å². The van der Waals surface area contributed by atoms with Gasteiger partial charge in [-0.1, -0.05) is 19.1 Å². The fourth-order valence-electron chi connectivity index (χ4n) is 3.06. The van der Waals surface area contributed by atoms with Crippen LogP contribution in [-0.4, -0.2) is 29.9 Å². The number of urea groups is 1. The molecule has 25 heavy (non-hydrogen) atoms. The van der Waals surface area contributed by atoms with E-state index in [1.807, 2.05) is 31.2 Å². The molecule has 6 nitrogen and oxygen atoms in total. The van der Waals surface area contributed by atoms with Gasteiger partial charge < -0.3 is 11.1 Å². The van der Waals surface area contributed by atoms with Gasteiger partial charge >= 0.3 is 6.03 Å². The van der Waals surface area contributed by atoms with Gasteiger partial charge in [0.25, 0.3) is 5.91 Å². The predicted octanol–water partition coefficient (Wildman–Crippen LogP) is 3.18. The largest absolute Gasteiger partial charge is 0.365 e. The van der Waals surface area contributed by atoms with Crippen LogP contribution in [-0.2, 0) is 13.0 Å². The molecule has 0 bridgehead atoms. The number of nitrogens with one attached hydrogen (secondary N) is 2. The van der Waals surface area contributed by atoms with Gasteiger partial charge in [0.15, 0.2) is 0 Å². The Labute approximate surface area is 151 Å². The molecule has 1 aliphatic rings. The van der Waals surface area contributed by atoms with Gasteiger partial charge in [-0.15, -0.1) is 11.3 Å². The van der Waals surface area contributed by atoms with Crippen LogP contribution in [0.15, 0.2) is 24.3 Å². The van der Waals surface area contributed by atoms with Crippen LogP contribution in [0.5, 0.6) is 0 Å². The van der Waals surface area contributed by atoms with E-state index in [2.05, 4.69) is 22.5 Å². The SMILES string of the molecule is CCN1CCc2c(sc(NC(=O)Nc3cccc(C)c3)c2C(N)=O)C1. The summed E-state index contributed by atoms with van der Waals surface area (Å²) >= 11 is 1.44. The van der Waals surface area contributed by atoms with Gasteiger partial charge in [0, 0.05) is 23.7 Å². The number of amides is 3. The summed E-state index contributed by atoms with van der Waals surface area (Å²) < 4.78 is 0. The van der Waals surface area contributed by atoms with Crippen LogP contribution in [0.3, 0.4) is 0 Å². The number of aryl methyl sites for hydroxylation is 1. The van der Waals surface area contributed by atoms with Gasteiger partial charge in [-0.05, 0) is 43.1 Å². The van der Waals surface area contributed by atoms with Crippen LogP contribution in [0.4, 0.5) is 15.5 Å². The van der Waals surface area contributed by atoms with Crippen molar-refractivity contribution in [2.45, 2.75) is 26.8 Å². The molecule has 132 valence electrons. The zero-order valence-electron chi connectivity index (χ0n) is 14.4. The van der Waals surface area contributed by atoms with Crippen molar-refractivity contribution >= 4 is 34.0 Å². The fourth-order valence-corrected chi connectivity index (χ4v) is 4.35. The zero-order chi connectivity index (χ0) is 18.0. The first-order valence-corrected chi connectivity index (χ1v) is 9.11. The summed E-state index contributed by atoms with van der Waals surface area (Å²) in [5, 5.41) is 6.12. The van der Waals surface area contributed by atoms with E-state index in [0.29, 0.717) is 16.3 Å². The minimum absolute atomic E-state index is 0.376. The lowest BCUT2D eigenvalue weighted by atomic mass is 10.0. The molecule has 0 spiro atoms. The number of thiophene rings is 1. The molecule has 2 heterocycles. The van der Waals surface area contributed by atoms with Gasteiger partial charge in [0.1, 0.15) is 5.00 Å². The predicted molar refractivity (Wildman–Crippen MR) is 101 cm³/mol. The second kappa shape index (κ2) is 7.25. The lowest BCUT2D eigenvalue weighted by Crippen LogP contribution is -2.30. The summed E-state index contributed by atoms with van der Waals surface area (Å²) in [5.74, 6) is -0.492. The average Bonchev–Trinajstić information content (AvgIpc) is 2.91. The lowest BCUT2D eigenvalue weighted by Gasteiger charge is -2.25. The smallest absolute Gasteiger partial charge is 0.324 e. The standard InChI is InChI=1S/C18H22N4O2S/c1-3-22-8-7-13-14(10-22)25-17(15(13)16(19)23)21-18(24)20-12-6-4-5-11(2)9-12/h4-6,9H,3,7-8,10H2,1-2H3,(H2,19,23)(H2,20,21,24). The van der Waals surface area contributed by atoms with Crippen molar-refractivity contribution < 1.29 is 9.59 Å². The van der Waals surface area contributed by atoms with E-state index in [9.17, 15) is 9.59 Å². The zero-order valence-corrected chi connectivity index (χ0v) is 15.2. The van der Waals surface area contributed by atoms with Crippen molar-refractivity contribution in [2.24, 2.45) is 5.73 Å². The normalized spacial score (nSPS) is 14.0. The third kappa shape index (κ3) is 3.83. The van der Waals surface area contributed by atoms with Crippen LogP contribution in [0, 0.1) is 6.92 Å². The lowest BCUT2D eigenvalue weighted by molar-refractivity contribution is 0.1000. The molecule has 0 saturated carbocycles. The number of nitrogens with two attached hydrogens (primary N) is 1. The average molecular weight is 358 g/mol. The van der Waals surface area contributed by atoms with E-state index < -0.39 is 5.91 Å². The number of hydrogen-bond acceptors (Lipinski definition) is 4. The minimum atomic E-state index is -0.492. The molecule has 0 fully saturated rings. The van der Waals surface area contributed by atoms with E-state index >= 15 is 0 Å². The summed E-state index contributed by atoms with van der Waals surface area (Å²) in [6, 6.07) is 7.16. The molecule has 2 aromatic rings. The summed E-state index contributed by atoms with van der Waals surface area (Å²) in [4.78, 5) is 27.7. The highest BCUT2D eigenvalue weighted by Gasteiger charge is 2.27. The van der Waals surface area contributed by atoms with Crippen LogP contribution < -0.4 is 16.4 Å². The van der Waals surface area contributed by atoms with Crippen molar-refractivity contribution in [3.63, 3.8) is 0 Å². The van der Waals surface area contributed by atoms with Crippen LogP contribution in [0.1, 0.15) is 33.3 Å². The molecule has 3 amide bonds. The minimum Gasteiger partial charge on any atom is -0.365 e. The number of rotatable bonds is 4. The highest BCUT2D eigenvalue weighted by Crippen LogP contribution is 2.36. The molecule has 0 radical (unpaired) electrons. The summed E-state index contributed by atoms with van der Waals surface area (Å²) in [7, 11) is 0. The van der Waals surface area contributed by atoms with E-state index in [-0.39, 0.29) is 6.03 Å². The number of anilines is 2. The Hall–Kier alpha value is -2.38. The van der Waals surface area contributed by atoms with E-state index in [0.717, 1.165) is 42.1 Å². The number of benzene rings is 1. The van der Waals surface area contributed by atoms with Crippen molar-refractivity contribution in [2.75, 3.05) is 23.7 Å². The summed E-state index contributed by atoms with van der Waals surface area (Å²) in [6.07, 6.45) is 0.777. The quantitative estimate of drug-likeness (QED) is 0.784. The Morgan fingerprint density at radius 1 is 1.32 bits per heavy atom. The van der Waals surface area contributed by atoms with Crippen molar-refractivity contribution in [1.82, 2.24) is 4.90 Å². The number of hydrogen-bond donors (Lipinski definition) is 3. The first-order valence-electron chi connectivity index (χ1n) is 8.29. The topological polar surface area (TPSA) is 87.5 Å². The van der Waals surface area contributed by atoms with Gasteiger partial charge in [-0.2, -0.15) is 0 Å². The first-order chi connectivity index (χ1) is 12.0. The number of carbonyl (C=O) groups excluding carboxylic acids is 2. The molecule has 1 aliphatic heterocycles. The van der Waals surface area contributed by atoms with E-state index in [1.165, 1.54) is 11.3 Å². The molecular formula is C18H22N4O2S. The Kier molecular flexibility index (Phi) is 5.06. The monoisotopic (exact) mass is 358 g/mol. The molecule has 4 N–H and O–H groups in total. The van der Waals surface area contributed by atoms with Gasteiger partial charge in [-0.3, -0.25) is 15.0 Å². The van der Waals surface area contributed by atoms with E-state index in [4.69, 9.17) is 5.73 Å². The molecular weight excluding hydrogens is 336 g/mol. The van der Waals surface area contributed by atoms with Crippen molar-refractivity contribution in [3.05, 3.63) is 45.8 Å². The number of carbonyl (C=O) groups is 2. The number of fused-ring (bicyclic) bond motifs is 1. The molecule has 0 unspecified atom stereocenters. The number of nitrogens with zero attached hydrogens (tertiary/aromatic N) is 1. The Balaban J connectivity index is 1.81. The maximum atomic E-state index is 12.3. The van der Waals surface area contributed by atoms with Gasteiger partial charge in [0.05, 0.1) is 5.56 Å². The highest BCUT2D eigenvalue weighted by molar-refractivity contribution is 7.17. The van der Waals surface area contributed by atoms with Crippen LogP contribution >= 0.6 is 11.3 Å². The Bertz CT molecular complexity index is 815. The van der Waals surface area contributed by atoms with Gasteiger partial charge in [0.2, 0.25) is 0 Å². The highest BCUT2D eigenvalue weighted by atomic mass is 32.1. The summed E-state index contributed by atoms with van der Waals surface area (Å²) in [6.45, 7) is 6.72. The number of primary amides is 1. The maximum Gasteiger partial charge on any atom is 0.324 e. The molecule has 1 aromatic carbocycles. The third-order valence-electron chi connectivity index (χ3n) is 4.33. The van der Waals surface area contributed by atoms with Crippen LogP contribution in [0.25, 0.3) is 0 Å².